The van der Waals surface area contributed by atoms with Crippen LogP contribution in [-0.4, -0.2) is 19.6 Å². The molecule has 0 spiro atoms. The van der Waals surface area contributed by atoms with Crippen LogP contribution in [0.2, 0.25) is 0 Å². The van der Waals surface area contributed by atoms with E-state index in [2.05, 4.69) is 22.3 Å². The van der Waals surface area contributed by atoms with Gasteiger partial charge in [0.15, 0.2) is 0 Å². The van der Waals surface area contributed by atoms with Crippen LogP contribution in [0.25, 0.3) is 0 Å². The van der Waals surface area contributed by atoms with E-state index < -0.39 is 0 Å². The van der Waals surface area contributed by atoms with E-state index in [1.165, 1.54) is 9.36 Å². The molecule has 0 saturated carbocycles. The van der Waals surface area contributed by atoms with E-state index in [1.54, 1.807) is 24.8 Å². The smallest absolute Gasteiger partial charge is 0.0601 e. The van der Waals surface area contributed by atoms with Gasteiger partial charge in [-0.3, -0.25) is 0 Å². The Balaban J connectivity index is 2.22. The molecule has 0 radical (unpaired) electrons. The van der Waals surface area contributed by atoms with Crippen LogP contribution in [0.15, 0.2) is 36.9 Å². The molecule has 0 unspecified atom stereocenters. The first-order valence-electron chi connectivity index (χ1n) is 3.46. The molecule has 0 amide bonds. The summed E-state index contributed by atoms with van der Waals surface area (Å²) in [5, 5.41) is 7.84. The average molecular weight is 158 g/mol. The second-order valence-electron chi connectivity index (χ2n) is 2.12. The zero-order valence-corrected chi connectivity index (χ0v) is 6.25. The minimum atomic E-state index is 1.53. The third-order valence-corrected chi connectivity index (χ3v) is 1.29. The second-order valence-corrected chi connectivity index (χ2v) is 2.12. The van der Waals surface area contributed by atoms with Gasteiger partial charge in [-0.2, -0.15) is 19.6 Å². The molecule has 0 saturated heterocycles. The molecule has 0 aliphatic rings. The Labute approximate surface area is 69.4 Å². The van der Waals surface area contributed by atoms with E-state index in [9.17, 15) is 0 Å². The molecule has 58 valence electrons. The largest absolute Gasteiger partial charge is 0.196 e. The van der Waals surface area contributed by atoms with Gasteiger partial charge in [-0.05, 0) is 12.1 Å². The minimum Gasteiger partial charge on any atom is -0.196 e. The van der Waals surface area contributed by atoms with Crippen molar-refractivity contribution in [2.45, 2.75) is 0 Å². The summed E-state index contributed by atoms with van der Waals surface area (Å²) in [6.07, 6.45) is 6.91. The van der Waals surface area contributed by atoms with Gasteiger partial charge in [0.1, 0.15) is 0 Å². The molecule has 0 aliphatic heterocycles. The predicted molar refractivity (Wildman–Crippen MR) is 43.0 cm³/mol. The summed E-state index contributed by atoms with van der Waals surface area (Å²) < 4.78 is 3.06. The molecule has 2 aromatic heterocycles. The summed E-state index contributed by atoms with van der Waals surface area (Å²) >= 11 is 0. The predicted octanol–water partition coefficient (Wildman–Crippen LogP) is 0.394. The van der Waals surface area contributed by atoms with Crippen LogP contribution < -0.4 is 0 Å². The molecule has 0 aliphatic carbocycles. The Morgan fingerprint density at radius 1 is 0.833 bits per heavy atom. The van der Waals surface area contributed by atoms with Crippen LogP contribution in [0.1, 0.15) is 0 Å². The van der Waals surface area contributed by atoms with Crippen LogP contribution in [-0.2, 0) is 0 Å². The number of aromatic nitrogens is 4. The van der Waals surface area contributed by atoms with Crippen LogP contribution in [0.5, 0.6) is 0 Å². The minimum absolute atomic E-state index is 1.53. The number of hydrogen-bond donors (Lipinski definition) is 0. The Hall–Kier alpha value is -2.02. The quantitative estimate of drug-likeness (QED) is 0.520. The van der Waals surface area contributed by atoms with Crippen molar-refractivity contribution in [3.05, 3.63) is 36.9 Å². The highest BCUT2D eigenvalue weighted by molar-refractivity contribution is 5.03. The first-order valence-corrected chi connectivity index (χ1v) is 3.46. The van der Waals surface area contributed by atoms with Crippen molar-refractivity contribution in [2.75, 3.05) is 0 Å². The SMILES string of the molecule is C(#Cn1cccn1)n1cccn1. The lowest BCUT2D eigenvalue weighted by Gasteiger charge is -1.83. The van der Waals surface area contributed by atoms with Crippen LogP contribution >= 0.6 is 0 Å². The van der Waals surface area contributed by atoms with Gasteiger partial charge >= 0.3 is 0 Å². The zero-order chi connectivity index (χ0) is 8.23. The van der Waals surface area contributed by atoms with Crippen LogP contribution in [0.4, 0.5) is 0 Å². The molecule has 0 atom stereocenters. The van der Waals surface area contributed by atoms with Gasteiger partial charge in [-0.15, -0.1) is 0 Å². The van der Waals surface area contributed by atoms with Crippen molar-refractivity contribution >= 4 is 0 Å². The van der Waals surface area contributed by atoms with E-state index in [-0.39, 0.29) is 0 Å². The van der Waals surface area contributed by atoms with Crippen molar-refractivity contribution in [1.29, 1.82) is 0 Å². The molecule has 4 heteroatoms. The number of hydrogen-bond acceptors (Lipinski definition) is 2. The van der Waals surface area contributed by atoms with Crippen molar-refractivity contribution < 1.29 is 0 Å². The summed E-state index contributed by atoms with van der Waals surface area (Å²) in [6.45, 7) is 0. The lowest BCUT2D eigenvalue weighted by molar-refractivity contribution is 0.883. The summed E-state index contributed by atoms with van der Waals surface area (Å²) in [4.78, 5) is 0. The van der Waals surface area contributed by atoms with E-state index in [0.29, 0.717) is 0 Å². The molecule has 2 rings (SSSR count). The molecule has 2 aromatic rings. The number of rotatable bonds is 0. The van der Waals surface area contributed by atoms with Gasteiger partial charge < -0.3 is 0 Å². The average Bonchev–Trinajstić information content (AvgIpc) is 2.74. The third-order valence-electron chi connectivity index (χ3n) is 1.29. The molecular formula is C8H6N4. The lowest BCUT2D eigenvalue weighted by atomic mass is 10.7. The molecule has 4 nitrogen and oxygen atoms in total. The van der Waals surface area contributed by atoms with Gasteiger partial charge in [-0.25, -0.2) is 0 Å². The fourth-order valence-corrected chi connectivity index (χ4v) is 0.772. The highest BCUT2D eigenvalue weighted by Gasteiger charge is 1.81. The van der Waals surface area contributed by atoms with Gasteiger partial charge in [0.2, 0.25) is 0 Å². The van der Waals surface area contributed by atoms with Gasteiger partial charge in [0.05, 0.1) is 24.5 Å². The number of nitrogens with zero attached hydrogens (tertiary/aromatic N) is 4. The van der Waals surface area contributed by atoms with Crippen LogP contribution in [0.3, 0.4) is 0 Å². The topological polar surface area (TPSA) is 35.6 Å². The standard InChI is InChI=1S/C8H6N4/c1-3-9-11(5-1)7-8-12-6-2-4-10-12/h1-6H. The van der Waals surface area contributed by atoms with Crippen molar-refractivity contribution in [3.63, 3.8) is 0 Å². The Bertz CT molecular complexity index is 350. The highest BCUT2D eigenvalue weighted by Crippen LogP contribution is 1.80. The Kier molecular flexibility index (Phi) is 1.63. The molecular weight excluding hydrogens is 152 g/mol. The molecule has 0 N–H and O–H groups in total. The van der Waals surface area contributed by atoms with E-state index in [1.807, 2.05) is 12.1 Å². The second kappa shape index (κ2) is 2.93. The maximum Gasteiger partial charge on any atom is 0.0601 e. The molecule has 0 fully saturated rings. The molecule has 2 heterocycles. The summed E-state index contributed by atoms with van der Waals surface area (Å²) in [5.74, 6) is 0. The summed E-state index contributed by atoms with van der Waals surface area (Å²) in [6, 6.07) is 9.20. The summed E-state index contributed by atoms with van der Waals surface area (Å²) in [7, 11) is 0. The van der Waals surface area contributed by atoms with Crippen molar-refractivity contribution in [1.82, 2.24) is 19.6 Å². The molecule has 0 aromatic carbocycles. The maximum atomic E-state index is 3.92. The van der Waals surface area contributed by atoms with E-state index in [0.717, 1.165) is 0 Å². The first-order chi connectivity index (χ1) is 5.95. The van der Waals surface area contributed by atoms with Crippen LogP contribution in [0, 0.1) is 12.1 Å². The Morgan fingerprint density at radius 3 is 1.67 bits per heavy atom. The van der Waals surface area contributed by atoms with Gasteiger partial charge in [0, 0.05) is 12.4 Å². The third kappa shape index (κ3) is 1.35. The lowest BCUT2D eigenvalue weighted by Crippen LogP contribution is -1.92. The molecule has 0 bridgehead atoms. The fraction of sp³-hybridized carbons (Fsp3) is 0. The van der Waals surface area contributed by atoms with Crippen molar-refractivity contribution in [2.24, 2.45) is 0 Å². The Morgan fingerprint density at radius 2 is 1.33 bits per heavy atom. The van der Waals surface area contributed by atoms with Gasteiger partial charge in [0.25, 0.3) is 0 Å². The maximum absolute atomic E-state index is 3.92. The fourth-order valence-electron chi connectivity index (χ4n) is 0.772. The zero-order valence-electron chi connectivity index (χ0n) is 6.25. The molecule has 12 heavy (non-hydrogen) atoms. The first kappa shape index (κ1) is 6.68. The van der Waals surface area contributed by atoms with Gasteiger partial charge in [-0.1, -0.05) is 0 Å². The normalized spacial score (nSPS) is 9.00. The van der Waals surface area contributed by atoms with Crippen molar-refractivity contribution in [3.8, 4) is 12.1 Å². The van der Waals surface area contributed by atoms with E-state index >= 15 is 0 Å². The monoisotopic (exact) mass is 158 g/mol. The summed E-state index contributed by atoms with van der Waals surface area (Å²) in [5.41, 5.74) is 0. The van der Waals surface area contributed by atoms with E-state index in [4.69, 9.17) is 0 Å². The highest BCUT2D eigenvalue weighted by atomic mass is 15.3.